The number of ether oxygens (including phenoxy) is 1. The van der Waals surface area contributed by atoms with Gasteiger partial charge >= 0.3 is 0 Å². The minimum Gasteiger partial charge on any atom is -0.383 e. The van der Waals surface area contributed by atoms with Gasteiger partial charge < -0.3 is 19.4 Å². The number of piperazine rings is 1. The maximum atomic E-state index is 12.9. The molecule has 0 aromatic heterocycles. The van der Waals surface area contributed by atoms with Crippen LogP contribution in [0.25, 0.3) is 0 Å². The van der Waals surface area contributed by atoms with Crippen LogP contribution < -0.4 is 4.90 Å². The first-order valence-electron chi connectivity index (χ1n) is 9.47. The number of carbonyl (C=O) groups is 1. The first kappa shape index (κ1) is 18.7. The van der Waals surface area contributed by atoms with Gasteiger partial charge in [0.15, 0.2) is 0 Å². The third-order valence-electron chi connectivity index (χ3n) is 5.50. The van der Waals surface area contributed by atoms with Crippen LogP contribution in [0, 0.1) is 17.2 Å². The van der Waals surface area contributed by atoms with E-state index in [-0.39, 0.29) is 5.92 Å². The minimum absolute atomic E-state index is 0.159. The third-order valence-corrected chi connectivity index (χ3v) is 5.50. The van der Waals surface area contributed by atoms with E-state index in [1.54, 1.807) is 7.11 Å². The zero-order chi connectivity index (χ0) is 18.4. The van der Waals surface area contributed by atoms with Gasteiger partial charge in [0.25, 0.3) is 0 Å². The van der Waals surface area contributed by atoms with E-state index in [0.717, 1.165) is 70.9 Å². The second-order valence-electron chi connectivity index (χ2n) is 7.05. The molecule has 2 aliphatic rings. The molecular weight excluding hydrogens is 328 g/mol. The van der Waals surface area contributed by atoms with Gasteiger partial charge in [-0.25, -0.2) is 0 Å². The summed E-state index contributed by atoms with van der Waals surface area (Å²) >= 11 is 0. The molecule has 6 nitrogen and oxygen atoms in total. The zero-order valence-corrected chi connectivity index (χ0v) is 15.6. The van der Waals surface area contributed by atoms with Crippen molar-refractivity contribution in [3.05, 3.63) is 29.8 Å². The van der Waals surface area contributed by atoms with Crippen LogP contribution in [0.1, 0.15) is 18.4 Å². The smallest absolute Gasteiger partial charge is 0.225 e. The number of methoxy groups -OCH3 is 1. The van der Waals surface area contributed by atoms with Crippen LogP contribution in [0.5, 0.6) is 0 Å². The molecule has 0 atom stereocenters. The van der Waals surface area contributed by atoms with Crippen LogP contribution in [0.15, 0.2) is 24.3 Å². The van der Waals surface area contributed by atoms with E-state index < -0.39 is 0 Å². The molecule has 0 aliphatic carbocycles. The SMILES string of the molecule is COCCN1CCC(C(=O)N2CCN(c3ccccc3C#N)CC2)CC1. The molecule has 1 aromatic carbocycles. The summed E-state index contributed by atoms with van der Waals surface area (Å²) in [4.78, 5) is 19.5. The second kappa shape index (κ2) is 9.02. The molecule has 0 saturated carbocycles. The van der Waals surface area contributed by atoms with Gasteiger partial charge in [-0.3, -0.25) is 4.79 Å². The Balaban J connectivity index is 1.49. The second-order valence-corrected chi connectivity index (χ2v) is 7.05. The van der Waals surface area contributed by atoms with E-state index in [4.69, 9.17) is 4.74 Å². The molecule has 2 fully saturated rings. The minimum atomic E-state index is 0.159. The predicted octanol–water partition coefficient (Wildman–Crippen LogP) is 1.57. The van der Waals surface area contributed by atoms with E-state index in [9.17, 15) is 10.1 Å². The Hall–Kier alpha value is -2.10. The monoisotopic (exact) mass is 356 g/mol. The van der Waals surface area contributed by atoms with Gasteiger partial charge in [-0.1, -0.05) is 12.1 Å². The topological polar surface area (TPSA) is 59.8 Å². The van der Waals surface area contributed by atoms with E-state index in [1.807, 2.05) is 29.2 Å². The molecule has 2 aliphatic heterocycles. The number of hydrogen-bond acceptors (Lipinski definition) is 5. The largest absolute Gasteiger partial charge is 0.383 e. The summed E-state index contributed by atoms with van der Waals surface area (Å²) in [7, 11) is 1.73. The van der Waals surface area contributed by atoms with Gasteiger partial charge in [-0.05, 0) is 38.1 Å². The first-order chi connectivity index (χ1) is 12.7. The highest BCUT2D eigenvalue weighted by Gasteiger charge is 2.30. The lowest BCUT2D eigenvalue weighted by molar-refractivity contribution is -0.137. The van der Waals surface area contributed by atoms with Crippen molar-refractivity contribution in [1.29, 1.82) is 5.26 Å². The molecule has 1 aromatic rings. The number of hydrogen-bond donors (Lipinski definition) is 0. The summed E-state index contributed by atoms with van der Waals surface area (Å²) in [5.74, 6) is 0.469. The Morgan fingerprint density at radius 2 is 1.85 bits per heavy atom. The number of likely N-dealkylation sites (tertiary alicyclic amines) is 1. The quantitative estimate of drug-likeness (QED) is 0.801. The molecule has 1 amide bonds. The van der Waals surface area contributed by atoms with E-state index in [0.29, 0.717) is 11.5 Å². The lowest BCUT2D eigenvalue weighted by Crippen LogP contribution is -2.52. The highest BCUT2D eigenvalue weighted by molar-refractivity contribution is 5.79. The van der Waals surface area contributed by atoms with Gasteiger partial charge in [-0.15, -0.1) is 0 Å². The molecule has 3 rings (SSSR count). The molecule has 6 heteroatoms. The molecule has 2 saturated heterocycles. The standard InChI is InChI=1S/C20H28N4O2/c1-26-15-14-22-8-6-17(7-9-22)20(25)24-12-10-23(11-13-24)19-5-3-2-4-18(19)16-21/h2-5,17H,6-15H2,1H3. The normalized spacial score (nSPS) is 19.4. The molecule has 0 unspecified atom stereocenters. The van der Waals surface area contributed by atoms with Crippen molar-refractivity contribution in [3.8, 4) is 6.07 Å². The fourth-order valence-electron chi connectivity index (χ4n) is 3.89. The summed E-state index contributed by atoms with van der Waals surface area (Å²) in [5.41, 5.74) is 1.68. The Labute approximate surface area is 155 Å². The van der Waals surface area contributed by atoms with Crippen molar-refractivity contribution in [1.82, 2.24) is 9.80 Å². The summed E-state index contributed by atoms with van der Waals surface area (Å²) in [5, 5.41) is 9.28. The molecule has 2 heterocycles. The van der Waals surface area contributed by atoms with Crippen molar-refractivity contribution in [2.45, 2.75) is 12.8 Å². The fourth-order valence-corrected chi connectivity index (χ4v) is 3.89. The number of anilines is 1. The van der Waals surface area contributed by atoms with Crippen LogP contribution >= 0.6 is 0 Å². The Kier molecular flexibility index (Phi) is 6.48. The average Bonchev–Trinajstić information content (AvgIpc) is 2.72. The van der Waals surface area contributed by atoms with Crippen molar-refractivity contribution in [3.63, 3.8) is 0 Å². The predicted molar refractivity (Wildman–Crippen MR) is 101 cm³/mol. The fraction of sp³-hybridized carbons (Fsp3) is 0.600. The van der Waals surface area contributed by atoms with Crippen LogP contribution in [-0.4, -0.2) is 75.2 Å². The summed E-state index contributed by atoms with van der Waals surface area (Å²) in [6.07, 6.45) is 1.89. The Bertz CT molecular complexity index is 641. The van der Waals surface area contributed by atoms with Gasteiger partial charge in [0.1, 0.15) is 6.07 Å². The maximum Gasteiger partial charge on any atom is 0.225 e. The molecule has 140 valence electrons. The summed E-state index contributed by atoms with van der Waals surface area (Å²) < 4.78 is 5.14. The molecule has 26 heavy (non-hydrogen) atoms. The van der Waals surface area contributed by atoms with Crippen LogP contribution in [0.3, 0.4) is 0 Å². The van der Waals surface area contributed by atoms with Gasteiger partial charge in [0.2, 0.25) is 5.91 Å². The summed E-state index contributed by atoms with van der Waals surface area (Å²) in [6.45, 7) is 6.73. The highest BCUT2D eigenvalue weighted by Crippen LogP contribution is 2.24. The van der Waals surface area contributed by atoms with Gasteiger partial charge in [-0.2, -0.15) is 5.26 Å². The number of benzene rings is 1. The van der Waals surface area contributed by atoms with Gasteiger partial charge in [0, 0.05) is 45.8 Å². The molecule has 0 spiro atoms. The number of rotatable bonds is 5. The number of piperidine rings is 1. The van der Waals surface area contributed by atoms with Crippen molar-refractivity contribution < 1.29 is 9.53 Å². The third kappa shape index (κ3) is 4.35. The maximum absolute atomic E-state index is 12.9. The molecule has 0 bridgehead atoms. The van der Waals surface area contributed by atoms with Crippen LogP contribution in [0.4, 0.5) is 5.69 Å². The lowest BCUT2D eigenvalue weighted by Gasteiger charge is -2.39. The van der Waals surface area contributed by atoms with Crippen LogP contribution in [0.2, 0.25) is 0 Å². The van der Waals surface area contributed by atoms with Crippen molar-refractivity contribution >= 4 is 11.6 Å². The average molecular weight is 356 g/mol. The molecule has 0 N–H and O–H groups in total. The Morgan fingerprint density at radius 3 is 2.50 bits per heavy atom. The zero-order valence-electron chi connectivity index (χ0n) is 15.6. The lowest BCUT2D eigenvalue weighted by atomic mass is 9.95. The first-order valence-corrected chi connectivity index (χ1v) is 9.47. The summed E-state index contributed by atoms with van der Waals surface area (Å²) in [6, 6.07) is 9.96. The number of para-hydroxylation sites is 1. The van der Waals surface area contributed by atoms with E-state index >= 15 is 0 Å². The van der Waals surface area contributed by atoms with Crippen LogP contribution in [-0.2, 0) is 9.53 Å². The van der Waals surface area contributed by atoms with E-state index in [1.165, 1.54) is 0 Å². The number of amides is 1. The number of nitrogens with zero attached hydrogens (tertiary/aromatic N) is 4. The molecule has 0 radical (unpaired) electrons. The van der Waals surface area contributed by atoms with Crippen molar-refractivity contribution in [2.75, 3.05) is 64.4 Å². The van der Waals surface area contributed by atoms with E-state index in [2.05, 4.69) is 15.9 Å². The van der Waals surface area contributed by atoms with Crippen molar-refractivity contribution in [2.24, 2.45) is 5.92 Å². The molecular formula is C20H28N4O2. The number of carbonyl (C=O) groups excluding carboxylic acids is 1. The Morgan fingerprint density at radius 1 is 1.15 bits per heavy atom. The number of nitriles is 1. The van der Waals surface area contributed by atoms with Gasteiger partial charge in [0.05, 0.1) is 17.9 Å². The highest BCUT2D eigenvalue weighted by atomic mass is 16.5.